The van der Waals surface area contributed by atoms with E-state index in [-0.39, 0.29) is 29.1 Å². The molecule has 1 atom stereocenters. The highest BCUT2D eigenvalue weighted by atomic mass is 79.9. The fourth-order valence-electron chi connectivity index (χ4n) is 5.14. The van der Waals surface area contributed by atoms with Gasteiger partial charge in [-0.05, 0) is 65.4 Å². The van der Waals surface area contributed by atoms with Crippen LogP contribution in [0.1, 0.15) is 42.4 Å². The Hall–Kier alpha value is -3.17. The number of nitrogens with zero attached hydrogens (tertiary/aromatic N) is 5. The summed E-state index contributed by atoms with van der Waals surface area (Å²) in [6.07, 6.45) is -1.22. The van der Waals surface area contributed by atoms with Crippen molar-refractivity contribution in [1.29, 1.82) is 0 Å². The van der Waals surface area contributed by atoms with Crippen LogP contribution in [0.5, 0.6) is 0 Å². The quantitative estimate of drug-likeness (QED) is 0.379. The number of hydrogen-bond acceptors (Lipinski definition) is 8. The van der Waals surface area contributed by atoms with Gasteiger partial charge in [0.15, 0.2) is 5.69 Å². The lowest BCUT2D eigenvalue weighted by atomic mass is 10.0. The van der Waals surface area contributed by atoms with Gasteiger partial charge in [0.05, 0.1) is 16.8 Å². The number of carbonyl (C=O) groups excluding carboxylic acids is 1. The molecule has 2 saturated heterocycles. The molecule has 0 radical (unpaired) electrons. The summed E-state index contributed by atoms with van der Waals surface area (Å²) in [5.41, 5.74) is -1.20. The SMILES string of the molecule is CC1CCCN(c2nc(C(F)(F)F)c(C(=O)Nc3ccc(N4CCCN(S(=O)(=O)c5ccccc5Br)CC4)nc3)o2)C1. The number of pyridine rings is 1. The van der Waals surface area contributed by atoms with E-state index < -0.39 is 33.6 Å². The Balaban J connectivity index is 1.26. The van der Waals surface area contributed by atoms with Gasteiger partial charge >= 0.3 is 6.18 Å². The molecule has 0 aliphatic carbocycles. The van der Waals surface area contributed by atoms with E-state index in [2.05, 4.69) is 31.2 Å². The summed E-state index contributed by atoms with van der Waals surface area (Å²) in [6, 6.07) is 9.59. The van der Waals surface area contributed by atoms with Crippen molar-refractivity contribution in [1.82, 2.24) is 14.3 Å². The smallest absolute Gasteiger partial charge is 0.417 e. The molecule has 1 N–H and O–H groups in total. The topological polar surface area (TPSA) is 112 Å². The second-order valence-electron chi connectivity index (χ2n) is 10.4. The predicted molar refractivity (Wildman–Crippen MR) is 154 cm³/mol. The second-order valence-corrected chi connectivity index (χ2v) is 13.2. The van der Waals surface area contributed by atoms with Crippen LogP contribution in [-0.4, -0.2) is 67.9 Å². The summed E-state index contributed by atoms with van der Waals surface area (Å²) in [4.78, 5) is 24.6. The van der Waals surface area contributed by atoms with Crippen LogP contribution in [0, 0.1) is 5.92 Å². The lowest BCUT2D eigenvalue weighted by Crippen LogP contribution is -2.35. The lowest BCUT2D eigenvalue weighted by Gasteiger charge is -2.29. The minimum absolute atomic E-state index is 0.175. The van der Waals surface area contributed by atoms with Gasteiger partial charge in [-0.25, -0.2) is 13.4 Å². The number of alkyl halides is 3. The van der Waals surface area contributed by atoms with Gasteiger partial charge in [-0.2, -0.15) is 22.5 Å². The summed E-state index contributed by atoms with van der Waals surface area (Å²) in [7, 11) is -3.70. The number of sulfonamides is 1. The van der Waals surface area contributed by atoms with Gasteiger partial charge in [0.1, 0.15) is 5.82 Å². The minimum atomic E-state index is -4.87. The zero-order valence-electron chi connectivity index (χ0n) is 22.8. The average Bonchev–Trinajstić information content (AvgIpc) is 3.26. The Morgan fingerprint density at radius 1 is 1.05 bits per heavy atom. The molecule has 15 heteroatoms. The summed E-state index contributed by atoms with van der Waals surface area (Å²) in [5, 5.41) is 2.42. The second kappa shape index (κ2) is 12.2. The van der Waals surface area contributed by atoms with E-state index in [9.17, 15) is 26.4 Å². The van der Waals surface area contributed by atoms with E-state index in [0.29, 0.717) is 49.4 Å². The van der Waals surface area contributed by atoms with Crippen molar-refractivity contribution in [3.8, 4) is 0 Å². The highest BCUT2D eigenvalue weighted by Crippen LogP contribution is 2.35. The molecule has 42 heavy (non-hydrogen) atoms. The van der Waals surface area contributed by atoms with Gasteiger partial charge in [-0.1, -0.05) is 19.1 Å². The van der Waals surface area contributed by atoms with Gasteiger partial charge in [0.2, 0.25) is 15.8 Å². The van der Waals surface area contributed by atoms with Crippen LogP contribution in [-0.2, 0) is 16.2 Å². The molecule has 3 aromatic rings. The van der Waals surface area contributed by atoms with E-state index in [1.807, 2.05) is 11.8 Å². The first kappa shape index (κ1) is 30.3. The van der Waals surface area contributed by atoms with Crippen LogP contribution in [0.2, 0.25) is 0 Å². The first-order chi connectivity index (χ1) is 19.9. The standard InChI is InChI=1S/C27H30BrF3N6O4S/c1-18-6-4-11-36(17-18)26-34-24(27(29,30)31)23(41-26)25(38)33-19-9-10-22(32-16-19)35-12-5-13-37(15-14-35)42(39,40)21-8-3-2-7-20(21)28/h2-3,7-10,16,18H,4-6,11-15,17H2,1H3,(H,33,38). The Labute approximate surface area is 250 Å². The zero-order chi connectivity index (χ0) is 30.1. The molecular formula is C27H30BrF3N6O4S. The van der Waals surface area contributed by atoms with Crippen molar-refractivity contribution in [2.75, 3.05) is 54.4 Å². The molecule has 1 amide bonds. The van der Waals surface area contributed by atoms with E-state index in [4.69, 9.17) is 4.42 Å². The minimum Gasteiger partial charge on any atom is -0.417 e. The summed E-state index contributed by atoms with van der Waals surface area (Å²) in [5.74, 6) is -1.17. The van der Waals surface area contributed by atoms with E-state index in [0.717, 1.165) is 12.8 Å². The number of amides is 1. The van der Waals surface area contributed by atoms with E-state index >= 15 is 0 Å². The number of oxazole rings is 1. The van der Waals surface area contributed by atoms with Gasteiger partial charge in [-0.3, -0.25) is 4.79 Å². The van der Waals surface area contributed by atoms with Gasteiger partial charge in [-0.15, -0.1) is 0 Å². The molecule has 0 bridgehead atoms. The molecule has 2 fully saturated rings. The number of anilines is 3. The van der Waals surface area contributed by atoms with Crippen molar-refractivity contribution in [3.63, 3.8) is 0 Å². The molecule has 10 nitrogen and oxygen atoms in total. The van der Waals surface area contributed by atoms with Gasteiger partial charge in [0, 0.05) is 43.7 Å². The highest BCUT2D eigenvalue weighted by molar-refractivity contribution is 9.10. The molecule has 1 unspecified atom stereocenters. The third-order valence-electron chi connectivity index (χ3n) is 7.26. The molecule has 2 aliphatic heterocycles. The van der Waals surface area contributed by atoms with Crippen LogP contribution in [0.4, 0.5) is 30.7 Å². The molecule has 1 aromatic carbocycles. The van der Waals surface area contributed by atoms with Crippen LogP contribution in [0.15, 0.2) is 56.4 Å². The third-order valence-corrected chi connectivity index (χ3v) is 10.2. The summed E-state index contributed by atoms with van der Waals surface area (Å²) < 4.78 is 74.9. The number of piperidine rings is 1. The Bertz CT molecular complexity index is 1530. The summed E-state index contributed by atoms with van der Waals surface area (Å²) >= 11 is 3.32. The molecule has 2 aromatic heterocycles. The Morgan fingerprint density at radius 2 is 1.81 bits per heavy atom. The molecule has 5 rings (SSSR count). The Morgan fingerprint density at radius 3 is 2.50 bits per heavy atom. The van der Waals surface area contributed by atoms with Crippen molar-refractivity contribution >= 4 is 49.4 Å². The number of benzene rings is 1. The fraction of sp³-hybridized carbons (Fsp3) is 0.444. The van der Waals surface area contributed by atoms with Gasteiger partial charge in [0.25, 0.3) is 11.9 Å². The number of hydrogen-bond donors (Lipinski definition) is 1. The third kappa shape index (κ3) is 6.57. The van der Waals surface area contributed by atoms with Crippen LogP contribution < -0.4 is 15.1 Å². The molecule has 2 aliphatic rings. The fourth-order valence-corrected chi connectivity index (χ4v) is 7.58. The molecular weight excluding hydrogens is 641 g/mol. The normalized spacial score (nSPS) is 19.0. The number of nitrogens with one attached hydrogen (secondary N) is 1. The highest BCUT2D eigenvalue weighted by Gasteiger charge is 2.42. The van der Waals surface area contributed by atoms with Crippen LogP contribution in [0.3, 0.4) is 0 Å². The first-order valence-corrected chi connectivity index (χ1v) is 15.8. The van der Waals surface area contributed by atoms with Crippen molar-refractivity contribution < 1.29 is 30.8 Å². The number of rotatable bonds is 6. The van der Waals surface area contributed by atoms with Crippen LogP contribution >= 0.6 is 15.9 Å². The predicted octanol–water partition coefficient (Wildman–Crippen LogP) is 5.24. The number of carbonyl (C=O) groups is 1. The number of aromatic nitrogens is 2. The maximum atomic E-state index is 13.7. The molecule has 0 spiro atoms. The maximum absolute atomic E-state index is 13.7. The molecule has 226 valence electrons. The lowest BCUT2D eigenvalue weighted by molar-refractivity contribution is -0.141. The van der Waals surface area contributed by atoms with Crippen molar-refractivity contribution in [3.05, 3.63) is 58.5 Å². The molecule has 4 heterocycles. The van der Waals surface area contributed by atoms with Crippen LogP contribution in [0.25, 0.3) is 0 Å². The van der Waals surface area contributed by atoms with Crippen molar-refractivity contribution in [2.24, 2.45) is 5.92 Å². The average molecular weight is 672 g/mol. The maximum Gasteiger partial charge on any atom is 0.437 e. The number of halogens is 4. The monoisotopic (exact) mass is 670 g/mol. The first-order valence-electron chi connectivity index (χ1n) is 13.5. The molecule has 0 saturated carbocycles. The van der Waals surface area contributed by atoms with E-state index in [1.54, 1.807) is 35.2 Å². The van der Waals surface area contributed by atoms with Gasteiger partial charge < -0.3 is 19.5 Å². The Kier molecular flexibility index (Phi) is 8.81. The zero-order valence-corrected chi connectivity index (χ0v) is 25.2. The van der Waals surface area contributed by atoms with E-state index in [1.165, 1.54) is 16.6 Å². The summed E-state index contributed by atoms with van der Waals surface area (Å²) in [6.45, 7) is 4.50. The largest absolute Gasteiger partial charge is 0.437 e. The van der Waals surface area contributed by atoms with Crippen molar-refractivity contribution in [2.45, 2.75) is 37.3 Å².